The first-order valence-electron chi connectivity index (χ1n) is 5.71. The van der Waals surface area contributed by atoms with E-state index < -0.39 is 5.97 Å². The van der Waals surface area contributed by atoms with Gasteiger partial charge in [0, 0.05) is 5.56 Å². The lowest BCUT2D eigenvalue weighted by Gasteiger charge is -2.09. The van der Waals surface area contributed by atoms with Crippen LogP contribution in [0.5, 0.6) is 5.75 Å². The Morgan fingerprint density at radius 1 is 1.32 bits per heavy atom. The summed E-state index contributed by atoms with van der Waals surface area (Å²) in [6.07, 6.45) is 1.57. The summed E-state index contributed by atoms with van der Waals surface area (Å²) >= 11 is 0. The SMILES string of the molecule is COc1ccc(C(=O)O)cc1COCc1ccco1. The van der Waals surface area contributed by atoms with Crippen molar-refractivity contribution in [1.82, 2.24) is 0 Å². The van der Waals surface area contributed by atoms with E-state index in [-0.39, 0.29) is 12.2 Å². The number of carbonyl (C=O) groups is 1. The van der Waals surface area contributed by atoms with Crippen molar-refractivity contribution in [1.29, 1.82) is 0 Å². The maximum Gasteiger partial charge on any atom is 0.335 e. The van der Waals surface area contributed by atoms with Crippen LogP contribution in [0.4, 0.5) is 0 Å². The molecule has 0 aliphatic heterocycles. The molecule has 100 valence electrons. The average Bonchev–Trinajstić information content (AvgIpc) is 2.91. The first kappa shape index (κ1) is 13.2. The number of aromatic carboxylic acids is 1. The summed E-state index contributed by atoms with van der Waals surface area (Å²) in [4.78, 5) is 10.9. The van der Waals surface area contributed by atoms with Crippen LogP contribution in [0.3, 0.4) is 0 Å². The molecular formula is C14H14O5. The quantitative estimate of drug-likeness (QED) is 0.866. The van der Waals surface area contributed by atoms with E-state index in [1.54, 1.807) is 24.5 Å². The molecule has 0 spiro atoms. The number of carboxylic acids is 1. The molecule has 0 saturated heterocycles. The molecule has 0 unspecified atom stereocenters. The van der Waals surface area contributed by atoms with Gasteiger partial charge in [0.25, 0.3) is 0 Å². The van der Waals surface area contributed by atoms with E-state index >= 15 is 0 Å². The van der Waals surface area contributed by atoms with Gasteiger partial charge in [-0.05, 0) is 30.3 Å². The van der Waals surface area contributed by atoms with Crippen molar-refractivity contribution in [2.75, 3.05) is 7.11 Å². The van der Waals surface area contributed by atoms with E-state index in [0.29, 0.717) is 23.7 Å². The molecule has 2 aromatic rings. The van der Waals surface area contributed by atoms with Gasteiger partial charge in [-0.25, -0.2) is 4.79 Å². The molecule has 5 nitrogen and oxygen atoms in total. The van der Waals surface area contributed by atoms with Crippen LogP contribution in [0.15, 0.2) is 41.0 Å². The van der Waals surface area contributed by atoms with E-state index in [2.05, 4.69) is 0 Å². The van der Waals surface area contributed by atoms with E-state index in [1.807, 2.05) is 6.07 Å². The highest BCUT2D eigenvalue weighted by Gasteiger charge is 2.09. The largest absolute Gasteiger partial charge is 0.496 e. The molecule has 0 atom stereocenters. The number of hydrogen-bond acceptors (Lipinski definition) is 4. The molecule has 2 rings (SSSR count). The number of carboxylic acid groups (broad SMARTS) is 1. The summed E-state index contributed by atoms with van der Waals surface area (Å²) in [6, 6.07) is 8.25. The van der Waals surface area contributed by atoms with E-state index in [4.69, 9.17) is 19.0 Å². The molecule has 0 amide bonds. The van der Waals surface area contributed by atoms with Crippen molar-refractivity contribution in [2.24, 2.45) is 0 Å². The van der Waals surface area contributed by atoms with Gasteiger partial charge in [-0.3, -0.25) is 0 Å². The molecule has 0 radical (unpaired) electrons. The minimum absolute atomic E-state index is 0.206. The van der Waals surface area contributed by atoms with Gasteiger partial charge >= 0.3 is 5.97 Å². The van der Waals surface area contributed by atoms with Gasteiger partial charge in [-0.15, -0.1) is 0 Å². The molecule has 5 heteroatoms. The zero-order valence-corrected chi connectivity index (χ0v) is 10.5. The number of rotatable bonds is 6. The fourth-order valence-electron chi connectivity index (χ4n) is 1.68. The Balaban J connectivity index is 2.04. The summed E-state index contributed by atoms with van der Waals surface area (Å²) in [5.41, 5.74) is 0.895. The monoisotopic (exact) mass is 262 g/mol. The summed E-state index contributed by atoms with van der Waals surface area (Å²) in [5.74, 6) is 0.340. The molecule has 1 aromatic carbocycles. The third kappa shape index (κ3) is 3.35. The molecule has 1 heterocycles. The molecule has 0 aliphatic rings. The molecule has 1 aromatic heterocycles. The molecule has 1 N–H and O–H groups in total. The molecule has 0 fully saturated rings. The number of benzene rings is 1. The molecule has 0 saturated carbocycles. The van der Waals surface area contributed by atoms with Gasteiger partial charge in [0.1, 0.15) is 18.1 Å². The fraction of sp³-hybridized carbons (Fsp3) is 0.214. The van der Waals surface area contributed by atoms with Crippen molar-refractivity contribution >= 4 is 5.97 Å². The Bertz CT molecular complexity index is 545. The normalized spacial score (nSPS) is 10.4. The van der Waals surface area contributed by atoms with Crippen LogP contribution in [0.1, 0.15) is 21.7 Å². The summed E-state index contributed by atoms with van der Waals surface area (Å²) < 4.78 is 15.8. The average molecular weight is 262 g/mol. The van der Waals surface area contributed by atoms with Crippen LogP contribution < -0.4 is 4.74 Å². The lowest BCUT2D eigenvalue weighted by Crippen LogP contribution is -2.01. The highest BCUT2D eigenvalue weighted by Crippen LogP contribution is 2.21. The number of hydrogen-bond donors (Lipinski definition) is 1. The van der Waals surface area contributed by atoms with E-state index in [1.165, 1.54) is 13.2 Å². The molecule has 0 bridgehead atoms. The summed E-state index contributed by atoms with van der Waals surface area (Å²) in [6.45, 7) is 0.582. The Hall–Kier alpha value is -2.27. The predicted octanol–water partition coefficient (Wildman–Crippen LogP) is 2.70. The second kappa shape index (κ2) is 6.06. The summed E-state index contributed by atoms with van der Waals surface area (Å²) in [7, 11) is 1.53. The first-order chi connectivity index (χ1) is 9.20. The van der Waals surface area contributed by atoms with Crippen molar-refractivity contribution in [3.63, 3.8) is 0 Å². The minimum atomic E-state index is -0.977. The van der Waals surface area contributed by atoms with Crippen LogP contribution in [-0.4, -0.2) is 18.2 Å². The van der Waals surface area contributed by atoms with Crippen LogP contribution in [0.25, 0.3) is 0 Å². The van der Waals surface area contributed by atoms with Crippen molar-refractivity contribution in [3.05, 3.63) is 53.5 Å². The van der Waals surface area contributed by atoms with Crippen LogP contribution >= 0.6 is 0 Å². The Morgan fingerprint density at radius 2 is 2.16 bits per heavy atom. The van der Waals surface area contributed by atoms with Crippen LogP contribution in [-0.2, 0) is 18.0 Å². The zero-order valence-electron chi connectivity index (χ0n) is 10.5. The molecule has 19 heavy (non-hydrogen) atoms. The third-order valence-corrected chi connectivity index (χ3v) is 2.61. The maximum atomic E-state index is 10.9. The second-order valence-electron chi connectivity index (χ2n) is 3.90. The predicted molar refractivity (Wildman–Crippen MR) is 67.2 cm³/mol. The Morgan fingerprint density at radius 3 is 2.79 bits per heavy atom. The second-order valence-corrected chi connectivity index (χ2v) is 3.90. The minimum Gasteiger partial charge on any atom is -0.496 e. The lowest BCUT2D eigenvalue weighted by molar-refractivity contribution is 0.0695. The van der Waals surface area contributed by atoms with Gasteiger partial charge in [0.15, 0.2) is 0 Å². The smallest absolute Gasteiger partial charge is 0.335 e. The third-order valence-electron chi connectivity index (χ3n) is 2.61. The van der Waals surface area contributed by atoms with Gasteiger partial charge in [0.05, 0.1) is 25.5 Å². The Kier molecular flexibility index (Phi) is 4.20. The maximum absolute atomic E-state index is 10.9. The first-order valence-corrected chi connectivity index (χ1v) is 5.71. The molecule has 0 aliphatic carbocycles. The van der Waals surface area contributed by atoms with Crippen molar-refractivity contribution in [2.45, 2.75) is 13.2 Å². The van der Waals surface area contributed by atoms with E-state index in [0.717, 1.165) is 0 Å². The Labute approximate surface area is 110 Å². The van der Waals surface area contributed by atoms with E-state index in [9.17, 15) is 4.79 Å². The van der Waals surface area contributed by atoms with Gasteiger partial charge in [0.2, 0.25) is 0 Å². The molecular weight excluding hydrogens is 248 g/mol. The number of furan rings is 1. The number of ether oxygens (including phenoxy) is 2. The summed E-state index contributed by atoms with van der Waals surface area (Å²) in [5, 5.41) is 8.95. The van der Waals surface area contributed by atoms with Crippen molar-refractivity contribution < 1.29 is 23.8 Å². The van der Waals surface area contributed by atoms with Gasteiger partial charge in [-0.1, -0.05) is 0 Å². The van der Waals surface area contributed by atoms with Crippen LogP contribution in [0, 0.1) is 0 Å². The van der Waals surface area contributed by atoms with Gasteiger partial charge in [-0.2, -0.15) is 0 Å². The standard InChI is InChI=1S/C14H14O5/c1-17-13-5-4-10(14(15)16)7-11(13)8-18-9-12-3-2-6-19-12/h2-7H,8-9H2,1H3,(H,15,16). The fourth-order valence-corrected chi connectivity index (χ4v) is 1.68. The lowest BCUT2D eigenvalue weighted by atomic mass is 10.1. The van der Waals surface area contributed by atoms with Crippen LogP contribution in [0.2, 0.25) is 0 Å². The number of methoxy groups -OCH3 is 1. The zero-order chi connectivity index (χ0) is 13.7. The van der Waals surface area contributed by atoms with Crippen molar-refractivity contribution in [3.8, 4) is 5.75 Å². The highest BCUT2D eigenvalue weighted by molar-refractivity contribution is 5.88. The topological polar surface area (TPSA) is 68.9 Å². The highest BCUT2D eigenvalue weighted by atomic mass is 16.5. The van der Waals surface area contributed by atoms with Gasteiger partial charge < -0.3 is 19.0 Å².